The summed E-state index contributed by atoms with van der Waals surface area (Å²) >= 11 is 12.1. The second-order valence-corrected chi connectivity index (χ2v) is 6.08. The van der Waals surface area contributed by atoms with E-state index < -0.39 is 0 Å². The molecule has 1 rings (SSSR count). The van der Waals surface area contributed by atoms with E-state index in [1.165, 1.54) is 19.3 Å². The van der Waals surface area contributed by atoms with Gasteiger partial charge in [-0.1, -0.05) is 68.8 Å². The Hall–Kier alpha value is -1.06. The second-order valence-electron chi connectivity index (χ2n) is 5.24. The Labute approximate surface area is 143 Å². The van der Waals surface area contributed by atoms with Gasteiger partial charge in [0.25, 0.3) is 0 Å². The van der Waals surface area contributed by atoms with Crippen LogP contribution >= 0.6 is 23.2 Å². The van der Waals surface area contributed by atoms with Gasteiger partial charge in [0.1, 0.15) is 0 Å². The van der Waals surface area contributed by atoms with Crippen LogP contribution < -0.4 is 5.43 Å². The van der Waals surface area contributed by atoms with Gasteiger partial charge < -0.3 is 0 Å². The predicted molar refractivity (Wildman–Crippen MR) is 94.8 cm³/mol. The first kappa shape index (κ1) is 19.0. The lowest BCUT2D eigenvalue weighted by Gasteiger charge is -2.07. The summed E-state index contributed by atoms with van der Waals surface area (Å²) in [6.07, 6.45) is 6.82. The average Bonchev–Trinajstić information content (AvgIpc) is 2.49. The third-order valence-electron chi connectivity index (χ3n) is 3.40. The summed E-state index contributed by atoms with van der Waals surface area (Å²) in [6.45, 7) is 4.15. The summed E-state index contributed by atoms with van der Waals surface area (Å²) in [5.41, 5.74) is 4.18. The fourth-order valence-corrected chi connectivity index (χ4v) is 2.65. The smallest absolute Gasteiger partial charge is 0.240 e. The van der Waals surface area contributed by atoms with Gasteiger partial charge in [-0.25, -0.2) is 5.43 Å². The second kappa shape index (κ2) is 10.6. The number of nitrogens with zero attached hydrogens (tertiary/aromatic N) is 1. The van der Waals surface area contributed by atoms with Crippen molar-refractivity contribution in [1.82, 2.24) is 5.43 Å². The molecule has 122 valence electrons. The molecule has 0 aliphatic heterocycles. The normalized spacial score (nSPS) is 11.5. The van der Waals surface area contributed by atoms with Crippen LogP contribution in [0.3, 0.4) is 0 Å². The zero-order valence-corrected chi connectivity index (χ0v) is 14.8. The fourth-order valence-electron chi connectivity index (χ4n) is 2.13. The van der Waals surface area contributed by atoms with Crippen LogP contribution in [0.2, 0.25) is 10.0 Å². The summed E-state index contributed by atoms with van der Waals surface area (Å²) in [6, 6.07) is 5.27. The molecule has 0 atom stereocenters. The lowest BCUT2D eigenvalue weighted by molar-refractivity contribution is -0.121. The van der Waals surface area contributed by atoms with Crippen molar-refractivity contribution in [2.75, 3.05) is 0 Å². The topological polar surface area (TPSA) is 41.5 Å². The molecule has 1 aromatic rings. The van der Waals surface area contributed by atoms with Gasteiger partial charge in [0.15, 0.2) is 0 Å². The number of benzene rings is 1. The number of hydrogen-bond donors (Lipinski definition) is 1. The highest BCUT2D eigenvalue weighted by Crippen LogP contribution is 2.22. The first-order valence-electron chi connectivity index (χ1n) is 7.89. The molecule has 1 aromatic carbocycles. The Bertz CT molecular complexity index is 515. The molecule has 0 aromatic heterocycles. The van der Waals surface area contributed by atoms with Gasteiger partial charge in [-0.15, -0.1) is 0 Å². The Balaban J connectivity index is 2.52. The SMILES string of the molecule is CCCCCCCC(=O)N/N=C(\CC)c1ccc(Cl)cc1Cl. The predicted octanol–water partition coefficient (Wildman–Crippen LogP) is 5.58. The van der Waals surface area contributed by atoms with Gasteiger partial charge in [-0.2, -0.15) is 5.10 Å². The lowest BCUT2D eigenvalue weighted by Crippen LogP contribution is -2.19. The highest BCUT2D eigenvalue weighted by Gasteiger charge is 2.08. The first-order chi connectivity index (χ1) is 10.6. The van der Waals surface area contributed by atoms with Crippen LogP contribution in [0.4, 0.5) is 0 Å². The number of rotatable bonds is 9. The largest absolute Gasteiger partial charge is 0.273 e. The van der Waals surface area contributed by atoms with Crippen molar-refractivity contribution >= 4 is 34.8 Å². The van der Waals surface area contributed by atoms with Gasteiger partial charge in [0.05, 0.1) is 10.7 Å². The van der Waals surface area contributed by atoms with Crippen molar-refractivity contribution in [3.63, 3.8) is 0 Å². The molecule has 0 aliphatic rings. The molecule has 0 aliphatic carbocycles. The van der Waals surface area contributed by atoms with E-state index in [9.17, 15) is 4.79 Å². The molecule has 22 heavy (non-hydrogen) atoms. The van der Waals surface area contributed by atoms with E-state index in [-0.39, 0.29) is 5.91 Å². The van der Waals surface area contributed by atoms with E-state index in [4.69, 9.17) is 23.2 Å². The monoisotopic (exact) mass is 342 g/mol. The number of hydrazone groups is 1. The van der Waals surface area contributed by atoms with Gasteiger partial charge >= 0.3 is 0 Å². The first-order valence-corrected chi connectivity index (χ1v) is 8.64. The average molecular weight is 343 g/mol. The molecule has 5 heteroatoms. The number of nitrogens with one attached hydrogen (secondary N) is 1. The number of amides is 1. The van der Waals surface area contributed by atoms with Crippen molar-refractivity contribution in [2.24, 2.45) is 5.10 Å². The van der Waals surface area contributed by atoms with Gasteiger partial charge in [-0.3, -0.25) is 4.79 Å². The van der Waals surface area contributed by atoms with E-state index >= 15 is 0 Å². The highest BCUT2D eigenvalue weighted by atomic mass is 35.5. The molecule has 0 radical (unpaired) electrons. The summed E-state index contributed by atoms with van der Waals surface area (Å²) < 4.78 is 0. The minimum Gasteiger partial charge on any atom is -0.273 e. The number of carbonyl (C=O) groups excluding carboxylic acids is 1. The molecule has 0 heterocycles. The van der Waals surface area contributed by atoms with Crippen molar-refractivity contribution < 1.29 is 4.79 Å². The molecule has 0 bridgehead atoms. The zero-order valence-electron chi connectivity index (χ0n) is 13.3. The van der Waals surface area contributed by atoms with E-state index in [0.29, 0.717) is 22.9 Å². The van der Waals surface area contributed by atoms with Crippen LogP contribution in [0.25, 0.3) is 0 Å². The molecule has 0 saturated heterocycles. The molecule has 1 N–H and O–H groups in total. The maximum atomic E-state index is 11.8. The molecule has 0 fully saturated rings. The summed E-state index contributed by atoms with van der Waals surface area (Å²) in [4.78, 5) is 11.8. The summed E-state index contributed by atoms with van der Waals surface area (Å²) in [5.74, 6) is -0.0486. The Morgan fingerprint density at radius 3 is 2.50 bits per heavy atom. The summed E-state index contributed by atoms with van der Waals surface area (Å²) in [5, 5.41) is 5.33. The molecule has 0 unspecified atom stereocenters. The van der Waals surface area contributed by atoms with E-state index in [2.05, 4.69) is 17.5 Å². The standard InChI is InChI=1S/C17H24Cl2N2O/c1-3-5-6-7-8-9-17(22)21-20-16(4-2)14-11-10-13(18)12-15(14)19/h10-12H,3-9H2,1-2H3,(H,21,22)/b20-16+. The van der Waals surface area contributed by atoms with Crippen molar-refractivity contribution in [2.45, 2.75) is 58.8 Å². The number of carbonyl (C=O) groups is 1. The third kappa shape index (κ3) is 6.80. The van der Waals surface area contributed by atoms with E-state index in [1.54, 1.807) is 12.1 Å². The molecule has 1 amide bonds. The van der Waals surface area contributed by atoms with E-state index in [0.717, 1.165) is 24.1 Å². The number of unbranched alkanes of at least 4 members (excludes halogenated alkanes) is 4. The quantitative estimate of drug-likeness (QED) is 0.355. The third-order valence-corrected chi connectivity index (χ3v) is 3.95. The van der Waals surface area contributed by atoms with Gasteiger partial charge in [0.2, 0.25) is 5.91 Å². The zero-order chi connectivity index (χ0) is 16.4. The molecular weight excluding hydrogens is 319 g/mol. The van der Waals surface area contributed by atoms with Crippen molar-refractivity contribution in [3.8, 4) is 0 Å². The molecule has 0 spiro atoms. The Morgan fingerprint density at radius 1 is 1.14 bits per heavy atom. The van der Waals surface area contributed by atoms with Crippen LogP contribution in [-0.2, 0) is 4.79 Å². The maximum absolute atomic E-state index is 11.8. The fraction of sp³-hybridized carbons (Fsp3) is 0.529. The minimum atomic E-state index is -0.0486. The summed E-state index contributed by atoms with van der Waals surface area (Å²) in [7, 11) is 0. The Kier molecular flexibility index (Phi) is 9.17. The number of hydrogen-bond acceptors (Lipinski definition) is 2. The minimum absolute atomic E-state index is 0.0486. The van der Waals surface area contributed by atoms with Gasteiger partial charge in [-0.05, 0) is 25.0 Å². The van der Waals surface area contributed by atoms with Crippen LogP contribution in [-0.4, -0.2) is 11.6 Å². The number of halogens is 2. The van der Waals surface area contributed by atoms with Crippen LogP contribution in [0, 0.1) is 0 Å². The Morgan fingerprint density at radius 2 is 1.86 bits per heavy atom. The molecule has 3 nitrogen and oxygen atoms in total. The van der Waals surface area contributed by atoms with Crippen LogP contribution in [0.1, 0.15) is 64.4 Å². The van der Waals surface area contributed by atoms with Gasteiger partial charge in [0, 0.05) is 17.0 Å². The molecular formula is C17H24Cl2N2O. The lowest BCUT2D eigenvalue weighted by atomic mass is 10.1. The highest BCUT2D eigenvalue weighted by molar-refractivity contribution is 6.37. The van der Waals surface area contributed by atoms with Crippen molar-refractivity contribution in [1.29, 1.82) is 0 Å². The maximum Gasteiger partial charge on any atom is 0.240 e. The van der Waals surface area contributed by atoms with E-state index in [1.807, 2.05) is 13.0 Å². The van der Waals surface area contributed by atoms with Crippen molar-refractivity contribution in [3.05, 3.63) is 33.8 Å². The van der Waals surface area contributed by atoms with Crippen LogP contribution in [0.5, 0.6) is 0 Å². The molecule has 0 saturated carbocycles. The van der Waals surface area contributed by atoms with Crippen LogP contribution in [0.15, 0.2) is 23.3 Å².